The molecular formula is C15H19ClF2N2O2. The summed E-state index contributed by atoms with van der Waals surface area (Å²) in [5, 5.41) is 5.99. The number of rotatable bonds is 6. The molecular weight excluding hydrogens is 314 g/mol. The van der Waals surface area contributed by atoms with Gasteiger partial charge in [-0.2, -0.15) is 8.78 Å². The number of nitrogens with one attached hydrogen (secondary N) is 2. The molecule has 0 aliphatic carbocycles. The van der Waals surface area contributed by atoms with Crippen LogP contribution in [0.1, 0.15) is 12.0 Å². The zero-order chi connectivity index (χ0) is 15.1. The van der Waals surface area contributed by atoms with Crippen molar-refractivity contribution >= 4 is 18.3 Å². The maximum atomic E-state index is 12.3. The Labute approximate surface area is 134 Å². The van der Waals surface area contributed by atoms with Crippen LogP contribution in [0.4, 0.5) is 8.78 Å². The minimum absolute atomic E-state index is 0. The molecule has 1 aromatic rings. The van der Waals surface area contributed by atoms with E-state index in [9.17, 15) is 13.6 Å². The fourth-order valence-corrected chi connectivity index (χ4v) is 2.14. The van der Waals surface area contributed by atoms with Crippen LogP contribution in [0.2, 0.25) is 0 Å². The normalized spacial score (nSPS) is 14.0. The van der Waals surface area contributed by atoms with Crippen LogP contribution in [0, 0.1) is 0 Å². The molecule has 1 amide bonds. The summed E-state index contributed by atoms with van der Waals surface area (Å²) in [5.41, 5.74) is 1.63. The number of carbonyl (C=O) groups is 1. The SMILES string of the molecule is Cl.O=C(Cc1ccccc1OC(F)F)NCC1=CCNCC1. The van der Waals surface area contributed by atoms with Gasteiger partial charge in [0.25, 0.3) is 0 Å². The molecule has 22 heavy (non-hydrogen) atoms. The predicted molar refractivity (Wildman–Crippen MR) is 82.6 cm³/mol. The molecule has 0 radical (unpaired) electrons. The van der Waals surface area contributed by atoms with Gasteiger partial charge in [-0.3, -0.25) is 4.79 Å². The fourth-order valence-electron chi connectivity index (χ4n) is 2.14. The first-order chi connectivity index (χ1) is 10.1. The van der Waals surface area contributed by atoms with Crippen molar-refractivity contribution in [2.75, 3.05) is 19.6 Å². The molecule has 4 nitrogen and oxygen atoms in total. The second kappa shape index (κ2) is 9.38. The molecule has 0 aromatic heterocycles. The number of alkyl halides is 2. The van der Waals surface area contributed by atoms with Crippen molar-refractivity contribution in [3.05, 3.63) is 41.5 Å². The van der Waals surface area contributed by atoms with Crippen LogP contribution in [0.25, 0.3) is 0 Å². The van der Waals surface area contributed by atoms with Crippen molar-refractivity contribution in [2.24, 2.45) is 0 Å². The number of carbonyl (C=O) groups excluding carboxylic acids is 1. The molecule has 1 aromatic carbocycles. The Hall–Kier alpha value is -1.66. The van der Waals surface area contributed by atoms with Crippen molar-refractivity contribution in [3.63, 3.8) is 0 Å². The smallest absolute Gasteiger partial charge is 0.387 e. The highest BCUT2D eigenvalue weighted by molar-refractivity contribution is 5.85. The minimum atomic E-state index is -2.89. The lowest BCUT2D eigenvalue weighted by Crippen LogP contribution is -2.30. The second-order valence-corrected chi connectivity index (χ2v) is 4.76. The second-order valence-electron chi connectivity index (χ2n) is 4.76. The number of amides is 1. The zero-order valence-electron chi connectivity index (χ0n) is 12.0. The summed E-state index contributed by atoms with van der Waals surface area (Å²) in [5.74, 6) is -0.163. The maximum absolute atomic E-state index is 12.3. The van der Waals surface area contributed by atoms with Crippen molar-refractivity contribution in [2.45, 2.75) is 19.5 Å². The number of para-hydroxylation sites is 1. The molecule has 1 heterocycles. The van der Waals surface area contributed by atoms with Crippen LogP contribution < -0.4 is 15.4 Å². The lowest BCUT2D eigenvalue weighted by atomic mass is 10.1. The molecule has 2 N–H and O–H groups in total. The van der Waals surface area contributed by atoms with Gasteiger partial charge < -0.3 is 15.4 Å². The molecule has 0 atom stereocenters. The lowest BCUT2D eigenvalue weighted by Gasteiger charge is -2.15. The summed E-state index contributed by atoms with van der Waals surface area (Å²) in [7, 11) is 0. The quantitative estimate of drug-likeness (QED) is 0.786. The van der Waals surface area contributed by atoms with Crippen molar-refractivity contribution in [1.82, 2.24) is 10.6 Å². The summed E-state index contributed by atoms with van der Waals surface area (Å²) in [6, 6.07) is 6.33. The Morgan fingerprint density at radius 3 is 2.82 bits per heavy atom. The highest BCUT2D eigenvalue weighted by Gasteiger charge is 2.12. The van der Waals surface area contributed by atoms with E-state index in [2.05, 4.69) is 21.4 Å². The molecule has 0 saturated heterocycles. The van der Waals surface area contributed by atoms with Crippen LogP contribution in [0.5, 0.6) is 5.75 Å². The molecule has 0 unspecified atom stereocenters. The molecule has 0 bridgehead atoms. The molecule has 2 rings (SSSR count). The van der Waals surface area contributed by atoms with Crippen LogP contribution in [-0.4, -0.2) is 32.2 Å². The van der Waals surface area contributed by atoms with Crippen LogP contribution in [0.15, 0.2) is 35.9 Å². The highest BCUT2D eigenvalue weighted by Crippen LogP contribution is 2.20. The Balaban J connectivity index is 0.00000242. The Bertz CT molecular complexity index is 524. The molecule has 0 saturated carbocycles. The molecule has 0 fully saturated rings. The fraction of sp³-hybridized carbons (Fsp3) is 0.400. The third-order valence-corrected chi connectivity index (χ3v) is 3.21. The van der Waals surface area contributed by atoms with Gasteiger partial charge in [0.15, 0.2) is 0 Å². The van der Waals surface area contributed by atoms with E-state index in [4.69, 9.17) is 0 Å². The van der Waals surface area contributed by atoms with Crippen molar-refractivity contribution in [1.29, 1.82) is 0 Å². The third-order valence-electron chi connectivity index (χ3n) is 3.21. The van der Waals surface area contributed by atoms with Crippen LogP contribution in [0.3, 0.4) is 0 Å². The zero-order valence-corrected chi connectivity index (χ0v) is 12.8. The van der Waals surface area contributed by atoms with Gasteiger partial charge in [0, 0.05) is 18.7 Å². The number of benzene rings is 1. The van der Waals surface area contributed by atoms with E-state index in [1.807, 2.05) is 0 Å². The number of hydrogen-bond acceptors (Lipinski definition) is 3. The van der Waals surface area contributed by atoms with E-state index in [1.165, 1.54) is 11.6 Å². The van der Waals surface area contributed by atoms with Gasteiger partial charge in [-0.15, -0.1) is 12.4 Å². The number of ether oxygens (including phenoxy) is 1. The number of hydrogen-bond donors (Lipinski definition) is 2. The molecule has 7 heteroatoms. The number of halogens is 3. The topological polar surface area (TPSA) is 50.4 Å². The Morgan fingerprint density at radius 2 is 2.14 bits per heavy atom. The molecule has 1 aliphatic heterocycles. The first-order valence-electron chi connectivity index (χ1n) is 6.83. The molecule has 0 spiro atoms. The average Bonchev–Trinajstić information content (AvgIpc) is 2.48. The van der Waals surface area contributed by atoms with Crippen LogP contribution >= 0.6 is 12.4 Å². The predicted octanol–water partition coefficient (Wildman–Crippen LogP) is 2.29. The van der Waals surface area contributed by atoms with Gasteiger partial charge in [0.2, 0.25) is 5.91 Å². The monoisotopic (exact) mass is 332 g/mol. The van der Waals surface area contributed by atoms with Gasteiger partial charge in [0.1, 0.15) is 5.75 Å². The minimum Gasteiger partial charge on any atom is -0.435 e. The summed E-state index contributed by atoms with van der Waals surface area (Å²) in [6.07, 6.45) is 2.98. The van der Waals surface area contributed by atoms with E-state index in [1.54, 1.807) is 18.2 Å². The summed E-state index contributed by atoms with van der Waals surface area (Å²) in [6.45, 7) is -0.671. The van der Waals surface area contributed by atoms with E-state index in [-0.39, 0.29) is 30.5 Å². The largest absolute Gasteiger partial charge is 0.435 e. The van der Waals surface area contributed by atoms with E-state index in [0.717, 1.165) is 19.5 Å². The summed E-state index contributed by atoms with van der Waals surface area (Å²) in [4.78, 5) is 11.9. The van der Waals surface area contributed by atoms with Gasteiger partial charge in [0.05, 0.1) is 6.42 Å². The Kier molecular flexibility index (Phi) is 7.84. The van der Waals surface area contributed by atoms with Gasteiger partial charge in [-0.1, -0.05) is 29.8 Å². The summed E-state index contributed by atoms with van der Waals surface area (Å²) >= 11 is 0. The standard InChI is InChI=1S/C15H18F2N2O2.ClH/c16-15(17)21-13-4-2-1-3-12(13)9-14(20)19-10-11-5-7-18-8-6-11;/h1-5,15,18H,6-10H2,(H,19,20);1H. The van der Waals surface area contributed by atoms with E-state index in [0.29, 0.717) is 12.1 Å². The summed E-state index contributed by atoms with van der Waals surface area (Å²) < 4.78 is 29.0. The van der Waals surface area contributed by atoms with Gasteiger partial charge in [-0.25, -0.2) is 0 Å². The average molecular weight is 333 g/mol. The highest BCUT2D eigenvalue weighted by atomic mass is 35.5. The first kappa shape index (κ1) is 18.4. The Morgan fingerprint density at radius 1 is 1.36 bits per heavy atom. The molecule has 1 aliphatic rings. The lowest BCUT2D eigenvalue weighted by molar-refractivity contribution is -0.120. The van der Waals surface area contributed by atoms with Gasteiger partial charge in [-0.05, 0) is 19.0 Å². The van der Waals surface area contributed by atoms with Gasteiger partial charge >= 0.3 is 6.61 Å². The van der Waals surface area contributed by atoms with Crippen molar-refractivity contribution in [3.8, 4) is 5.75 Å². The van der Waals surface area contributed by atoms with Crippen molar-refractivity contribution < 1.29 is 18.3 Å². The first-order valence-corrected chi connectivity index (χ1v) is 6.83. The van der Waals surface area contributed by atoms with Crippen LogP contribution in [-0.2, 0) is 11.2 Å². The third kappa shape index (κ3) is 5.99. The van der Waals surface area contributed by atoms with E-state index < -0.39 is 6.61 Å². The maximum Gasteiger partial charge on any atom is 0.387 e. The van der Waals surface area contributed by atoms with E-state index >= 15 is 0 Å². The molecule has 122 valence electrons.